The number of carbonyl (C=O) groups excluding carboxylic acids is 1. The highest BCUT2D eigenvalue weighted by Gasteiger charge is 2.34. The van der Waals surface area contributed by atoms with Crippen LogP contribution in [0.3, 0.4) is 0 Å². The zero-order chi connectivity index (χ0) is 16.0. The number of rotatable bonds is 6. The number of benzene rings is 1. The molecule has 0 saturated carbocycles. The summed E-state index contributed by atoms with van der Waals surface area (Å²) in [5.74, 6) is -0.528. The van der Waals surface area contributed by atoms with Gasteiger partial charge in [0.15, 0.2) is 0 Å². The number of carbonyl (C=O) groups is 1. The molecule has 0 aliphatic rings. The lowest BCUT2D eigenvalue weighted by atomic mass is 10.1. The Morgan fingerprint density at radius 1 is 1.43 bits per heavy atom. The summed E-state index contributed by atoms with van der Waals surface area (Å²) in [6, 6.07) is 3.24. The predicted molar refractivity (Wildman–Crippen MR) is 77.1 cm³/mol. The van der Waals surface area contributed by atoms with Gasteiger partial charge in [0, 0.05) is 17.9 Å². The number of ether oxygens (including phenoxy) is 1. The summed E-state index contributed by atoms with van der Waals surface area (Å²) in [4.78, 5) is 11.1. The Hall–Kier alpha value is -1.67. The summed E-state index contributed by atoms with van der Waals surface area (Å²) < 4.78 is 43.8. The van der Waals surface area contributed by atoms with E-state index in [1.165, 1.54) is 6.07 Å². The first-order chi connectivity index (χ1) is 9.75. The van der Waals surface area contributed by atoms with Crippen LogP contribution in [0.15, 0.2) is 18.2 Å². The Bertz CT molecular complexity index is 533. The minimum absolute atomic E-state index is 0.00687. The summed E-state index contributed by atoms with van der Waals surface area (Å²) in [6.45, 7) is 2.07. The van der Waals surface area contributed by atoms with Crippen LogP contribution < -0.4 is 11.1 Å². The topological polar surface area (TPSA) is 64.3 Å². The second-order valence-corrected chi connectivity index (χ2v) is 4.66. The van der Waals surface area contributed by atoms with Crippen LogP contribution in [0.5, 0.6) is 0 Å². The van der Waals surface area contributed by atoms with E-state index in [9.17, 15) is 18.0 Å². The fourth-order valence-electron chi connectivity index (χ4n) is 1.58. The molecule has 0 atom stereocenters. The second-order valence-electron chi connectivity index (χ2n) is 4.22. The lowest BCUT2D eigenvalue weighted by Gasteiger charge is -2.14. The van der Waals surface area contributed by atoms with E-state index < -0.39 is 17.6 Å². The summed E-state index contributed by atoms with van der Waals surface area (Å²) in [5, 5.41) is 2.33. The molecule has 0 spiro atoms. The molecule has 0 radical (unpaired) electrons. The zero-order valence-corrected chi connectivity index (χ0v) is 12.1. The fraction of sp³-hybridized carbons (Fsp3) is 0.385. The third-order valence-electron chi connectivity index (χ3n) is 2.46. The van der Waals surface area contributed by atoms with Crippen LogP contribution in [0, 0.1) is 0 Å². The standard InChI is InChI=1S/C13H15F3N2O2S/c1-2-5-20-7-11(19)18-8-3-4-9(12(17)21)10(6-8)13(14,15)16/h3-4,6H,2,5,7H2,1H3,(H2,17,21)(H,18,19). The van der Waals surface area contributed by atoms with Gasteiger partial charge in [0.2, 0.25) is 5.91 Å². The van der Waals surface area contributed by atoms with Crippen molar-refractivity contribution in [3.8, 4) is 0 Å². The normalized spacial score (nSPS) is 11.2. The predicted octanol–water partition coefficient (Wildman–Crippen LogP) is 2.70. The molecule has 1 aromatic carbocycles. The van der Waals surface area contributed by atoms with E-state index in [0.29, 0.717) is 6.61 Å². The number of hydrogen-bond donors (Lipinski definition) is 2. The Balaban J connectivity index is 2.91. The molecular weight excluding hydrogens is 305 g/mol. The minimum atomic E-state index is -4.61. The molecule has 0 heterocycles. The van der Waals surface area contributed by atoms with Gasteiger partial charge in [-0.05, 0) is 24.6 Å². The molecular formula is C13H15F3N2O2S. The van der Waals surface area contributed by atoms with E-state index in [-0.39, 0.29) is 22.8 Å². The molecule has 1 rings (SSSR count). The largest absolute Gasteiger partial charge is 0.417 e. The van der Waals surface area contributed by atoms with Gasteiger partial charge in [0.25, 0.3) is 0 Å². The quantitative estimate of drug-likeness (QED) is 0.625. The van der Waals surface area contributed by atoms with Crippen molar-refractivity contribution >= 4 is 28.8 Å². The van der Waals surface area contributed by atoms with Gasteiger partial charge < -0.3 is 15.8 Å². The Morgan fingerprint density at radius 2 is 2.10 bits per heavy atom. The van der Waals surface area contributed by atoms with Gasteiger partial charge in [-0.15, -0.1) is 0 Å². The monoisotopic (exact) mass is 320 g/mol. The van der Waals surface area contributed by atoms with Gasteiger partial charge in [-0.2, -0.15) is 13.2 Å². The highest BCUT2D eigenvalue weighted by atomic mass is 32.1. The van der Waals surface area contributed by atoms with Gasteiger partial charge in [-0.1, -0.05) is 19.1 Å². The van der Waals surface area contributed by atoms with Gasteiger partial charge in [0.1, 0.15) is 11.6 Å². The molecule has 116 valence electrons. The average Bonchev–Trinajstić information content (AvgIpc) is 2.37. The SMILES string of the molecule is CCCOCC(=O)Nc1ccc(C(N)=S)c(C(F)(F)F)c1. The molecule has 0 fully saturated rings. The number of alkyl halides is 3. The van der Waals surface area contributed by atoms with E-state index >= 15 is 0 Å². The maximum Gasteiger partial charge on any atom is 0.417 e. The Morgan fingerprint density at radius 3 is 2.62 bits per heavy atom. The maximum absolute atomic E-state index is 12.9. The minimum Gasteiger partial charge on any atom is -0.389 e. The molecule has 3 N–H and O–H groups in total. The van der Waals surface area contributed by atoms with E-state index in [4.69, 9.17) is 10.5 Å². The summed E-state index contributed by atoms with van der Waals surface area (Å²) in [7, 11) is 0. The molecule has 4 nitrogen and oxygen atoms in total. The highest BCUT2D eigenvalue weighted by Crippen LogP contribution is 2.33. The first-order valence-corrected chi connectivity index (χ1v) is 6.55. The van der Waals surface area contributed by atoms with Crippen molar-refractivity contribution in [2.45, 2.75) is 19.5 Å². The van der Waals surface area contributed by atoms with Gasteiger partial charge in [0.05, 0.1) is 5.56 Å². The highest BCUT2D eigenvalue weighted by molar-refractivity contribution is 7.80. The molecule has 0 aliphatic heterocycles. The average molecular weight is 320 g/mol. The summed E-state index contributed by atoms with van der Waals surface area (Å²) in [6.07, 6.45) is -3.87. The lowest BCUT2D eigenvalue weighted by molar-refractivity contribution is -0.137. The molecule has 1 aromatic rings. The zero-order valence-electron chi connectivity index (χ0n) is 11.3. The van der Waals surface area contributed by atoms with Crippen molar-refractivity contribution < 1.29 is 22.7 Å². The van der Waals surface area contributed by atoms with Crippen molar-refractivity contribution in [1.29, 1.82) is 0 Å². The molecule has 0 saturated heterocycles. The smallest absolute Gasteiger partial charge is 0.389 e. The van der Waals surface area contributed by atoms with Crippen molar-refractivity contribution in [2.75, 3.05) is 18.5 Å². The molecule has 0 aromatic heterocycles. The maximum atomic E-state index is 12.9. The fourth-order valence-corrected chi connectivity index (χ4v) is 1.76. The number of hydrogen-bond acceptors (Lipinski definition) is 3. The molecule has 8 heteroatoms. The van der Waals surface area contributed by atoms with Crippen LogP contribution in [-0.4, -0.2) is 24.1 Å². The van der Waals surface area contributed by atoms with Crippen molar-refractivity contribution in [2.24, 2.45) is 5.73 Å². The first kappa shape index (κ1) is 17.4. The first-order valence-electron chi connectivity index (χ1n) is 6.14. The third-order valence-corrected chi connectivity index (χ3v) is 2.68. The molecule has 21 heavy (non-hydrogen) atoms. The number of thiocarbonyl (C=S) groups is 1. The Labute approximate surface area is 125 Å². The number of nitrogens with two attached hydrogens (primary N) is 1. The van der Waals surface area contributed by atoms with Crippen LogP contribution in [0.4, 0.5) is 18.9 Å². The van der Waals surface area contributed by atoms with E-state index in [2.05, 4.69) is 17.5 Å². The number of halogens is 3. The molecule has 0 bridgehead atoms. The van der Waals surface area contributed by atoms with Crippen LogP contribution >= 0.6 is 12.2 Å². The van der Waals surface area contributed by atoms with Gasteiger partial charge in [-0.25, -0.2) is 0 Å². The molecule has 0 aliphatic carbocycles. The van der Waals surface area contributed by atoms with Crippen LogP contribution in [0.2, 0.25) is 0 Å². The van der Waals surface area contributed by atoms with Crippen molar-refractivity contribution in [3.05, 3.63) is 29.3 Å². The number of anilines is 1. The number of nitrogens with one attached hydrogen (secondary N) is 1. The Kier molecular flexibility index (Phi) is 6.10. The van der Waals surface area contributed by atoms with Crippen LogP contribution in [0.25, 0.3) is 0 Å². The third kappa shape index (κ3) is 5.31. The van der Waals surface area contributed by atoms with Crippen molar-refractivity contribution in [3.63, 3.8) is 0 Å². The van der Waals surface area contributed by atoms with Gasteiger partial charge >= 0.3 is 6.18 Å². The van der Waals surface area contributed by atoms with Gasteiger partial charge in [-0.3, -0.25) is 4.79 Å². The second kappa shape index (κ2) is 7.37. The lowest BCUT2D eigenvalue weighted by Crippen LogP contribution is -2.21. The van der Waals surface area contributed by atoms with E-state index in [1.54, 1.807) is 0 Å². The van der Waals surface area contributed by atoms with Crippen LogP contribution in [0.1, 0.15) is 24.5 Å². The van der Waals surface area contributed by atoms with Crippen LogP contribution in [-0.2, 0) is 15.7 Å². The molecule has 0 unspecified atom stereocenters. The summed E-state index contributed by atoms with van der Waals surface area (Å²) >= 11 is 4.59. The van der Waals surface area contributed by atoms with E-state index in [1.807, 2.05) is 6.92 Å². The van der Waals surface area contributed by atoms with Crippen molar-refractivity contribution in [1.82, 2.24) is 0 Å². The summed E-state index contributed by atoms with van der Waals surface area (Å²) in [5.41, 5.74) is 4.01. The number of amides is 1. The molecule has 1 amide bonds. The van der Waals surface area contributed by atoms with E-state index in [0.717, 1.165) is 18.6 Å².